The molecule has 0 fully saturated rings. The highest BCUT2D eigenvalue weighted by atomic mass is 16.6. The Balaban J connectivity index is 2.38. The molecule has 0 heterocycles. The molecule has 1 unspecified atom stereocenters. The van der Waals surface area contributed by atoms with Crippen LogP contribution in [0.3, 0.4) is 0 Å². The molecule has 3 nitrogen and oxygen atoms in total. The first-order valence-electron chi connectivity index (χ1n) is 4.44. The Hall–Kier alpha value is -1.06. The summed E-state index contributed by atoms with van der Waals surface area (Å²) in [5.74, 6) is 0.771. The molecule has 1 aromatic carbocycles. The maximum absolute atomic E-state index is 8.66. The van der Waals surface area contributed by atoms with Crippen LogP contribution >= 0.6 is 0 Å². The summed E-state index contributed by atoms with van der Waals surface area (Å²) >= 11 is 0. The fraction of sp³-hybridized carbons (Fsp3) is 0.400. The maximum Gasteiger partial charge on any atom is 0.186 e. The van der Waals surface area contributed by atoms with Crippen molar-refractivity contribution in [1.29, 1.82) is 0 Å². The van der Waals surface area contributed by atoms with Crippen LogP contribution in [0.2, 0.25) is 0 Å². The fourth-order valence-electron chi connectivity index (χ4n) is 1.86. The molecule has 3 N–H and O–H groups in total. The Bertz CT molecular complexity index is 312. The molecule has 0 amide bonds. The lowest BCUT2D eigenvalue weighted by Crippen LogP contribution is -2.05. The summed E-state index contributed by atoms with van der Waals surface area (Å²) in [6.45, 7) is -0.272. The van der Waals surface area contributed by atoms with Gasteiger partial charge >= 0.3 is 0 Å². The van der Waals surface area contributed by atoms with E-state index in [2.05, 4.69) is 0 Å². The molecule has 0 bridgehead atoms. The van der Waals surface area contributed by atoms with Gasteiger partial charge in [0.25, 0.3) is 0 Å². The van der Waals surface area contributed by atoms with Crippen molar-refractivity contribution < 1.29 is 9.84 Å². The second kappa shape index (κ2) is 3.36. The number of benzene rings is 1. The van der Waals surface area contributed by atoms with E-state index in [0.717, 1.165) is 29.7 Å². The average molecular weight is 179 g/mol. The summed E-state index contributed by atoms with van der Waals surface area (Å²) in [7, 11) is 0. The lowest BCUT2D eigenvalue weighted by molar-refractivity contribution is 0.0976. The van der Waals surface area contributed by atoms with Gasteiger partial charge in [-0.2, -0.15) is 0 Å². The minimum atomic E-state index is -0.272. The molecule has 0 aliphatic heterocycles. The standard InChI is InChI=1S/C10H13NO2/c11-9-5-4-8-7(9)2-1-3-10(8)13-6-12/h1-3,9,12H,4-6,11H2. The number of nitrogens with two attached hydrogens (primary N) is 1. The van der Waals surface area contributed by atoms with Crippen molar-refractivity contribution in [3.63, 3.8) is 0 Å². The molecule has 2 rings (SSSR count). The number of aliphatic hydroxyl groups is 1. The maximum atomic E-state index is 8.66. The predicted octanol–water partition coefficient (Wildman–Crippen LogP) is 0.961. The minimum absolute atomic E-state index is 0.136. The van der Waals surface area contributed by atoms with Gasteiger partial charge in [0.05, 0.1) is 0 Å². The second-order valence-electron chi connectivity index (χ2n) is 3.24. The van der Waals surface area contributed by atoms with E-state index in [1.807, 2.05) is 18.2 Å². The summed E-state index contributed by atoms with van der Waals surface area (Å²) < 4.78 is 5.10. The third-order valence-corrected chi connectivity index (χ3v) is 2.49. The molecule has 70 valence electrons. The Labute approximate surface area is 77.1 Å². The molecule has 13 heavy (non-hydrogen) atoms. The van der Waals surface area contributed by atoms with Crippen LogP contribution in [0.25, 0.3) is 0 Å². The molecular formula is C10H13NO2. The molecule has 0 saturated heterocycles. The van der Waals surface area contributed by atoms with E-state index < -0.39 is 0 Å². The zero-order valence-electron chi connectivity index (χ0n) is 7.36. The lowest BCUT2D eigenvalue weighted by Gasteiger charge is -2.09. The van der Waals surface area contributed by atoms with Gasteiger partial charge in [-0.15, -0.1) is 0 Å². The molecule has 0 aromatic heterocycles. The van der Waals surface area contributed by atoms with E-state index in [4.69, 9.17) is 15.6 Å². The molecule has 3 heteroatoms. The SMILES string of the molecule is NC1CCc2c(OCO)cccc21. The number of aliphatic hydroxyl groups excluding tert-OH is 1. The number of hydrogen-bond acceptors (Lipinski definition) is 3. The third-order valence-electron chi connectivity index (χ3n) is 2.49. The van der Waals surface area contributed by atoms with Crippen LogP contribution in [0.1, 0.15) is 23.6 Å². The molecule has 0 saturated carbocycles. The minimum Gasteiger partial charge on any atom is -0.467 e. The van der Waals surface area contributed by atoms with Gasteiger partial charge in [-0.25, -0.2) is 0 Å². The Morgan fingerprint density at radius 2 is 2.38 bits per heavy atom. The van der Waals surface area contributed by atoms with Crippen LogP contribution < -0.4 is 10.5 Å². The van der Waals surface area contributed by atoms with Crippen LogP contribution in [0.5, 0.6) is 5.75 Å². The molecule has 1 aromatic rings. The van der Waals surface area contributed by atoms with Crippen LogP contribution in [-0.2, 0) is 6.42 Å². The monoisotopic (exact) mass is 179 g/mol. The molecule has 1 aliphatic carbocycles. The van der Waals surface area contributed by atoms with Crippen molar-refractivity contribution in [2.24, 2.45) is 5.73 Å². The molecule has 1 aliphatic rings. The summed E-state index contributed by atoms with van der Waals surface area (Å²) in [6.07, 6.45) is 1.92. The average Bonchev–Trinajstić information content (AvgIpc) is 2.50. The Morgan fingerprint density at radius 1 is 1.54 bits per heavy atom. The molecular weight excluding hydrogens is 166 g/mol. The highest BCUT2D eigenvalue weighted by Gasteiger charge is 2.21. The predicted molar refractivity (Wildman–Crippen MR) is 49.4 cm³/mol. The van der Waals surface area contributed by atoms with Gasteiger partial charge in [0.2, 0.25) is 0 Å². The second-order valence-corrected chi connectivity index (χ2v) is 3.24. The third kappa shape index (κ3) is 1.41. The van der Waals surface area contributed by atoms with Gasteiger partial charge in [-0.05, 0) is 30.0 Å². The number of hydrogen-bond donors (Lipinski definition) is 2. The topological polar surface area (TPSA) is 55.5 Å². The van der Waals surface area contributed by atoms with Gasteiger partial charge < -0.3 is 15.6 Å². The van der Waals surface area contributed by atoms with E-state index in [0.29, 0.717) is 0 Å². The Morgan fingerprint density at radius 3 is 3.15 bits per heavy atom. The quantitative estimate of drug-likeness (QED) is 0.665. The van der Waals surface area contributed by atoms with Gasteiger partial charge in [-0.1, -0.05) is 12.1 Å². The van der Waals surface area contributed by atoms with Crippen LogP contribution in [0.15, 0.2) is 18.2 Å². The van der Waals surface area contributed by atoms with Crippen molar-refractivity contribution >= 4 is 0 Å². The van der Waals surface area contributed by atoms with Crippen molar-refractivity contribution in [1.82, 2.24) is 0 Å². The Kier molecular flexibility index (Phi) is 2.20. The van der Waals surface area contributed by atoms with E-state index in [9.17, 15) is 0 Å². The van der Waals surface area contributed by atoms with Gasteiger partial charge in [0, 0.05) is 6.04 Å². The van der Waals surface area contributed by atoms with E-state index >= 15 is 0 Å². The summed E-state index contributed by atoms with van der Waals surface area (Å²) in [5.41, 5.74) is 8.21. The van der Waals surface area contributed by atoms with E-state index in [1.165, 1.54) is 0 Å². The van der Waals surface area contributed by atoms with Crippen molar-refractivity contribution in [2.45, 2.75) is 18.9 Å². The molecule has 1 atom stereocenters. The highest BCUT2D eigenvalue weighted by molar-refractivity contribution is 5.44. The van der Waals surface area contributed by atoms with Crippen LogP contribution in [0.4, 0.5) is 0 Å². The van der Waals surface area contributed by atoms with Crippen molar-refractivity contribution in [3.8, 4) is 5.75 Å². The number of fused-ring (bicyclic) bond motifs is 1. The van der Waals surface area contributed by atoms with Crippen LogP contribution in [0, 0.1) is 0 Å². The van der Waals surface area contributed by atoms with Gasteiger partial charge in [0.1, 0.15) is 5.75 Å². The summed E-state index contributed by atoms with van der Waals surface area (Å²) in [4.78, 5) is 0. The normalized spacial score (nSPS) is 20.0. The first-order chi connectivity index (χ1) is 6.33. The first kappa shape index (κ1) is 8.53. The molecule has 0 radical (unpaired) electrons. The summed E-state index contributed by atoms with van der Waals surface area (Å²) in [5, 5.41) is 8.66. The molecule has 0 spiro atoms. The van der Waals surface area contributed by atoms with Crippen molar-refractivity contribution in [3.05, 3.63) is 29.3 Å². The smallest absolute Gasteiger partial charge is 0.186 e. The zero-order chi connectivity index (χ0) is 9.26. The van der Waals surface area contributed by atoms with E-state index in [1.54, 1.807) is 0 Å². The fourth-order valence-corrected chi connectivity index (χ4v) is 1.86. The largest absolute Gasteiger partial charge is 0.467 e. The van der Waals surface area contributed by atoms with Gasteiger partial charge in [-0.3, -0.25) is 0 Å². The summed E-state index contributed by atoms with van der Waals surface area (Å²) in [6, 6.07) is 5.94. The highest BCUT2D eigenvalue weighted by Crippen LogP contribution is 2.35. The first-order valence-corrected chi connectivity index (χ1v) is 4.44. The van der Waals surface area contributed by atoms with Crippen LogP contribution in [-0.4, -0.2) is 11.9 Å². The number of ether oxygens (including phenoxy) is 1. The van der Waals surface area contributed by atoms with Gasteiger partial charge in [0.15, 0.2) is 6.79 Å². The zero-order valence-corrected chi connectivity index (χ0v) is 7.36. The van der Waals surface area contributed by atoms with Crippen molar-refractivity contribution in [2.75, 3.05) is 6.79 Å². The lowest BCUT2D eigenvalue weighted by atomic mass is 10.1. The van der Waals surface area contributed by atoms with E-state index in [-0.39, 0.29) is 12.8 Å². The number of rotatable bonds is 2.